The second-order valence-corrected chi connectivity index (χ2v) is 7.47. The predicted molar refractivity (Wildman–Crippen MR) is 112 cm³/mol. The SMILES string of the molecule is CN(C(=O)CSC(c1ccccc1)c1ccc(Cl)cc1)c1ccccc1. The van der Waals surface area contributed by atoms with Crippen LogP contribution in [0.25, 0.3) is 0 Å². The molecule has 1 atom stereocenters. The van der Waals surface area contributed by atoms with Crippen molar-refractivity contribution in [3.05, 3.63) is 101 Å². The van der Waals surface area contributed by atoms with Gasteiger partial charge in [0.15, 0.2) is 0 Å². The normalized spacial score (nSPS) is 11.8. The lowest BCUT2D eigenvalue weighted by atomic mass is 10.0. The van der Waals surface area contributed by atoms with Crippen LogP contribution in [0.3, 0.4) is 0 Å². The van der Waals surface area contributed by atoms with E-state index in [4.69, 9.17) is 11.6 Å². The van der Waals surface area contributed by atoms with Gasteiger partial charge in [-0.05, 0) is 35.4 Å². The molecule has 3 aromatic rings. The Morgan fingerprint density at radius 1 is 0.885 bits per heavy atom. The average Bonchev–Trinajstić information content (AvgIpc) is 2.70. The number of hydrogen-bond acceptors (Lipinski definition) is 2. The van der Waals surface area contributed by atoms with Gasteiger partial charge in [-0.3, -0.25) is 4.79 Å². The van der Waals surface area contributed by atoms with Crippen LogP contribution in [0.15, 0.2) is 84.9 Å². The number of amides is 1. The predicted octanol–water partition coefficient (Wildman–Crippen LogP) is 5.83. The number of anilines is 1. The Morgan fingerprint density at radius 2 is 1.42 bits per heavy atom. The van der Waals surface area contributed by atoms with E-state index < -0.39 is 0 Å². The maximum absolute atomic E-state index is 12.6. The van der Waals surface area contributed by atoms with Crippen LogP contribution in [0, 0.1) is 0 Å². The Balaban J connectivity index is 1.76. The molecule has 0 aromatic heterocycles. The van der Waals surface area contributed by atoms with Gasteiger partial charge >= 0.3 is 0 Å². The molecule has 0 aliphatic rings. The molecule has 3 aromatic carbocycles. The lowest BCUT2D eigenvalue weighted by Crippen LogP contribution is -2.28. The molecule has 0 aliphatic carbocycles. The summed E-state index contributed by atoms with van der Waals surface area (Å²) < 4.78 is 0. The highest BCUT2D eigenvalue weighted by Crippen LogP contribution is 2.36. The van der Waals surface area contributed by atoms with E-state index in [1.807, 2.05) is 79.8 Å². The number of para-hydroxylation sites is 1. The fraction of sp³-hybridized carbons (Fsp3) is 0.136. The van der Waals surface area contributed by atoms with Gasteiger partial charge in [0.2, 0.25) is 5.91 Å². The summed E-state index contributed by atoms with van der Waals surface area (Å²) in [6, 6.07) is 27.8. The van der Waals surface area contributed by atoms with Gasteiger partial charge in [-0.2, -0.15) is 0 Å². The van der Waals surface area contributed by atoms with Crippen LogP contribution < -0.4 is 4.90 Å². The largest absolute Gasteiger partial charge is 0.315 e. The highest BCUT2D eigenvalue weighted by molar-refractivity contribution is 8.00. The number of hydrogen-bond donors (Lipinski definition) is 0. The highest BCUT2D eigenvalue weighted by Gasteiger charge is 2.18. The molecular weight excluding hydrogens is 362 g/mol. The second-order valence-electron chi connectivity index (χ2n) is 5.94. The zero-order valence-corrected chi connectivity index (χ0v) is 16.1. The van der Waals surface area contributed by atoms with E-state index in [2.05, 4.69) is 12.1 Å². The topological polar surface area (TPSA) is 20.3 Å². The molecule has 0 N–H and O–H groups in total. The standard InChI is InChI=1S/C22H20ClNOS/c1-24(20-10-6-3-7-11-20)21(25)16-26-22(17-8-4-2-5-9-17)18-12-14-19(23)15-13-18/h2-15,22H,16H2,1H3. The molecule has 3 rings (SSSR count). The summed E-state index contributed by atoms with van der Waals surface area (Å²) in [5, 5.41) is 0.798. The number of carbonyl (C=O) groups is 1. The molecule has 2 nitrogen and oxygen atoms in total. The van der Waals surface area contributed by atoms with Crippen LogP contribution in [0.1, 0.15) is 16.4 Å². The maximum Gasteiger partial charge on any atom is 0.236 e. The van der Waals surface area contributed by atoms with Crippen molar-refractivity contribution >= 4 is 35.0 Å². The van der Waals surface area contributed by atoms with E-state index in [-0.39, 0.29) is 11.2 Å². The first-order valence-corrected chi connectivity index (χ1v) is 9.81. The first-order valence-electron chi connectivity index (χ1n) is 8.39. The third-order valence-electron chi connectivity index (χ3n) is 4.17. The number of halogens is 1. The molecule has 0 heterocycles. The third-order valence-corrected chi connectivity index (χ3v) is 5.71. The van der Waals surface area contributed by atoms with Gasteiger partial charge in [0.25, 0.3) is 0 Å². The molecule has 0 radical (unpaired) electrons. The van der Waals surface area contributed by atoms with E-state index in [1.165, 1.54) is 5.56 Å². The van der Waals surface area contributed by atoms with Gasteiger partial charge in [-0.1, -0.05) is 72.3 Å². The Kier molecular flexibility index (Phi) is 6.37. The van der Waals surface area contributed by atoms with Crippen molar-refractivity contribution in [1.29, 1.82) is 0 Å². The van der Waals surface area contributed by atoms with E-state index in [0.717, 1.165) is 11.3 Å². The second kappa shape index (κ2) is 8.93. The minimum Gasteiger partial charge on any atom is -0.315 e. The van der Waals surface area contributed by atoms with Gasteiger partial charge in [-0.15, -0.1) is 11.8 Å². The van der Waals surface area contributed by atoms with Crippen molar-refractivity contribution in [3.63, 3.8) is 0 Å². The fourth-order valence-electron chi connectivity index (χ4n) is 2.70. The number of carbonyl (C=O) groups excluding carboxylic acids is 1. The van der Waals surface area contributed by atoms with Gasteiger partial charge in [0.1, 0.15) is 0 Å². The van der Waals surface area contributed by atoms with Crippen molar-refractivity contribution in [2.45, 2.75) is 5.25 Å². The summed E-state index contributed by atoms with van der Waals surface area (Å²) in [4.78, 5) is 14.4. The summed E-state index contributed by atoms with van der Waals surface area (Å²) in [6.45, 7) is 0. The van der Waals surface area contributed by atoms with Crippen molar-refractivity contribution in [2.75, 3.05) is 17.7 Å². The summed E-state index contributed by atoms with van der Waals surface area (Å²) >= 11 is 7.66. The average molecular weight is 382 g/mol. The van der Waals surface area contributed by atoms with E-state index in [1.54, 1.807) is 16.7 Å². The number of nitrogens with zero attached hydrogens (tertiary/aromatic N) is 1. The minimum atomic E-state index is 0.0797. The lowest BCUT2D eigenvalue weighted by molar-refractivity contribution is -0.115. The lowest BCUT2D eigenvalue weighted by Gasteiger charge is -2.21. The van der Waals surface area contributed by atoms with Crippen LogP contribution in [0.2, 0.25) is 5.02 Å². The van der Waals surface area contributed by atoms with E-state index in [9.17, 15) is 4.79 Å². The molecule has 132 valence electrons. The van der Waals surface area contributed by atoms with Gasteiger partial charge in [0.05, 0.1) is 11.0 Å². The molecule has 0 bridgehead atoms. The van der Waals surface area contributed by atoms with Crippen molar-refractivity contribution in [2.24, 2.45) is 0 Å². The monoisotopic (exact) mass is 381 g/mol. The molecular formula is C22H20ClNOS. The van der Waals surface area contributed by atoms with E-state index >= 15 is 0 Å². The molecule has 0 fully saturated rings. The van der Waals surface area contributed by atoms with Crippen LogP contribution in [0.5, 0.6) is 0 Å². The Hall–Kier alpha value is -2.23. The molecule has 1 unspecified atom stereocenters. The fourth-order valence-corrected chi connectivity index (χ4v) is 4.03. The highest BCUT2D eigenvalue weighted by atomic mass is 35.5. The number of benzene rings is 3. The van der Waals surface area contributed by atoms with Crippen molar-refractivity contribution in [3.8, 4) is 0 Å². The number of rotatable bonds is 6. The zero-order valence-electron chi connectivity index (χ0n) is 14.5. The van der Waals surface area contributed by atoms with Gasteiger partial charge in [-0.25, -0.2) is 0 Å². The molecule has 26 heavy (non-hydrogen) atoms. The van der Waals surface area contributed by atoms with Crippen LogP contribution in [0.4, 0.5) is 5.69 Å². The van der Waals surface area contributed by atoms with Crippen molar-refractivity contribution in [1.82, 2.24) is 0 Å². The van der Waals surface area contributed by atoms with Crippen molar-refractivity contribution < 1.29 is 4.79 Å². The Morgan fingerprint density at radius 3 is 2.04 bits per heavy atom. The smallest absolute Gasteiger partial charge is 0.236 e. The summed E-state index contributed by atoms with van der Waals surface area (Å²) in [7, 11) is 1.82. The van der Waals surface area contributed by atoms with E-state index in [0.29, 0.717) is 10.8 Å². The maximum atomic E-state index is 12.6. The van der Waals surface area contributed by atoms with Crippen LogP contribution >= 0.6 is 23.4 Å². The summed E-state index contributed by atoms with van der Waals surface area (Å²) in [5.74, 6) is 0.476. The molecule has 0 saturated carbocycles. The molecule has 0 spiro atoms. The Labute approximate surface area is 163 Å². The van der Waals surface area contributed by atoms with Gasteiger partial charge in [0, 0.05) is 17.8 Å². The molecule has 0 saturated heterocycles. The zero-order chi connectivity index (χ0) is 18.4. The van der Waals surface area contributed by atoms with Gasteiger partial charge < -0.3 is 4.90 Å². The molecule has 1 amide bonds. The molecule has 4 heteroatoms. The third kappa shape index (κ3) is 4.69. The first-order chi connectivity index (χ1) is 12.6. The molecule has 0 aliphatic heterocycles. The first kappa shape index (κ1) is 18.6. The minimum absolute atomic E-state index is 0.0797. The number of thioether (sulfide) groups is 1. The summed E-state index contributed by atoms with van der Waals surface area (Å²) in [6.07, 6.45) is 0. The summed E-state index contributed by atoms with van der Waals surface area (Å²) in [5.41, 5.74) is 3.22. The van der Waals surface area contributed by atoms with Crippen LogP contribution in [-0.2, 0) is 4.79 Å². The Bertz CT molecular complexity index is 837. The quantitative estimate of drug-likeness (QED) is 0.535. The van der Waals surface area contributed by atoms with Crippen LogP contribution in [-0.4, -0.2) is 18.7 Å².